The Hall–Kier alpha value is -0.560. The zero-order chi connectivity index (χ0) is 9.59. The Morgan fingerprint density at radius 3 is 2.54 bits per heavy atom. The number of hydrogen-bond acceptors (Lipinski definition) is 6. The first-order valence-electron chi connectivity index (χ1n) is 4.15. The standard InChI is InChI=1S/C7H11NO5/c9-1-2-5(10)6(11)3-4(8-12)7(3)13-2/h2-7,9-11H,1H2. The summed E-state index contributed by atoms with van der Waals surface area (Å²) in [6.45, 7) is -0.368. The average Bonchev–Trinajstić information content (AvgIpc) is 2.84. The van der Waals surface area contributed by atoms with Crippen LogP contribution in [0.1, 0.15) is 0 Å². The van der Waals surface area contributed by atoms with Gasteiger partial charge in [0.25, 0.3) is 0 Å². The van der Waals surface area contributed by atoms with Gasteiger partial charge in [-0.1, -0.05) is 5.18 Å². The van der Waals surface area contributed by atoms with Crippen molar-refractivity contribution in [3.8, 4) is 0 Å². The third-order valence-corrected chi connectivity index (χ3v) is 2.73. The lowest BCUT2D eigenvalue weighted by Gasteiger charge is -2.29. The highest BCUT2D eigenvalue weighted by atomic mass is 16.5. The second-order valence-corrected chi connectivity index (χ2v) is 3.48. The third kappa shape index (κ3) is 1.18. The Kier molecular flexibility index (Phi) is 2.07. The van der Waals surface area contributed by atoms with Crippen LogP contribution in [0.5, 0.6) is 0 Å². The number of hydrogen-bond donors (Lipinski definition) is 3. The summed E-state index contributed by atoms with van der Waals surface area (Å²) in [6.07, 6.45) is -3.37. The molecule has 3 N–H and O–H groups in total. The van der Waals surface area contributed by atoms with Crippen LogP contribution in [0.3, 0.4) is 0 Å². The smallest absolute Gasteiger partial charge is 0.126 e. The number of rotatable bonds is 2. The molecule has 1 aliphatic carbocycles. The van der Waals surface area contributed by atoms with E-state index in [1.54, 1.807) is 0 Å². The largest absolute Gasteiger partial charge is 0.394 e. The highest BCUT2D eigenvalue weighted by Gasteiger charge is 2.63. The summed E-state index contributed by atoms with van der Waals surface area (Å²) in [6, 6.07) is -0.568. The van der Waals surface area contributed by atoms with Crippen LogP contribution in [-0.4, -0.2) is 52.4 Å². The van der Waals surface area contributed by atoms with Crippen molar-refractivity contribution in [2.45, 2.75) is 30.5 Å². The quantitative estimate of drug-likeness (QED) is 0.446. The minimum atomic E-state index is -1.13. The molecule has 2 fully saturated rings. The van der Waals surface area contributed by atoms with Gasteiger partial charge in [-0.05, 0) is 0 Å². The number of fused-ring (bicyclic) bond motifs is 1. The fourth-order valence-electron chi connectivity index (χ4n) is 1.87. The predicted molar refractivity (Wildman–Crippen MR) is 40.8 cm³/mol. The Morgan fingerprint density at radius 2 is 2.00 bits per heavy atom. The number of nitroso groups, excluding NO2 is 1. The average molecular weight is 189 g/mol. The van der Waals surface area contributed by atoms with Gasteiger partial charge < -0.3 is 20.1 Å². The monoisotopic (exact) mass is 189 g/mol. The van der Waals surface area contributed by atoms with Gasteiger partial charge in [0.15, 0.2) is 0 Å². The summed E-state index contributed by atoms with van der Waals surface area (Å²) < 4.78 is 5.14. The van der Waals surface area contributed by atoms with Crippen molar-refractivity contribution in [3.63, 3.8) is 0 Å². The molecule has 0 aromatic heterocycles. The second-order valence-electron chi connectivity index (χ2n) is 3.48. The molecule has 0 aromatic rings. The van der Waals surface area contributed by atoms with Gasteiger partial charge in [0.1, 0.15) is 18.2 Å². The van der Waals surface area contributed by atoms with E-state index in [0.29, 0.717) is 0 Å². The Bertz CT molecular complexity index is 223. The van der Waals surface area contributed by atoms with Gasteiger partial charge in [0.05, 0.1) is 18.8 Å². The Balaban J connectivity index is 2.08. The van der Waals surface area contributed by atoms with E-state index in [1.807, 2.05) is 0 Å². The van der Waals surface area contributed by atoms with Gasteiger partial charge in [0.2, 0.25) is 0 Å². The normalized spacial score (nSPS) is 54.1. The molecule has 6 heteroatoms. The molecule has 2 rings (SSSR count). The molecular formula is C7H11NO5. The SMILES string of the molecule is O=NC1C2OC(CO)C(O)C(O)C12. The summed E-state index contributed by atoms with van der Waals surface area (Å²) in [5, 5.41) is 30.4. The maximum atomic E-state index is 10.2. The maximum Gasteiger partial charge on any atom is 0.126 e. The van der Waals surface area contributed by atoms with Crippen LogP contribution in [0.15, 0.2) is 5.18 Å². The molecule has 0 bridgehead atoms. The van der Waals surface area contributed by atoms with Crippen molar-refractivity contribution in [2.24, 2.45) is 11.1 Å². The van der Waals surface area contributed by atoms with Gasteiger partial charge in [0, 0.05) is 5.92 Å². The first-order chi connectivity index (χ1) is 6.20. The van der Waals surface area contributed by atoms with Crippen LogP contribution >= 0.6 is 0 Å². The zero-order valence-corrected chi connectivity index (χ0v) is 6.78. The van der Waals surface area contributed by atoms with Crippen LogP contribution in [0.2, 0.25) is 0 Å². The lowest BCUT2D eigenvalue weighted by molar-refractivity contribution is -0.152. The summed E-state index contributed by atoms with van der Waals surface area (Å²) in [7, 11) is 0. The molecule has 0 radical (unpaired) electrons. The summed E-state index contributed by atoms with van der Waals surface area (Å²) >= 11 is 0. The van der Waals surface area contributed by atoms with Gasteiger partial charge in [-0.15, -0.1) is 0 Å². The number of ether oxygens (including phenoxy) is 1. The van der Waals surface area contributed by atoms with Gasteiger partial charge >= 0.3 is 0 Å². The van der Waals surface area contributed by atoms with Crippen LogP contribution < -0.4 is 0 Å². The molecular weight excluding hydrogens is 178 g/mol. The molecule has 1 aliphatic heterocycles. The minimum absolute atomic E-state index is 0.368. The van der Waals surface area contributed by atoms with Gasteiger partial charge in [-0.25, -0.2) is 0 Å². The molecule has 0 aromatic carbocycles. The minimum Gasteiger partial charge on any atom is -0.394 e. The van der Waals surface area contributed by atoms with E-state index in [-0.39, 0.29) is 6.61 Å². The van der Waals surface area contributed by atoms with Crippen LogP contribution in [0, 0.1) is 10.8 Å². The van der Waals surface area contributed by atoms with E-state index in [9.17, 15) is 15.1 Å². The number of nitrogens with zero attached hydrogens (tertiary/aromatic N) is 1. The third-order valence-electron chi connectivity index (χ3n) is 2.73. The molecule has 6 atom stereocenters. The fraction of sp³-hybridized carbons (Fsp3) is 1.00. The van der Waals surface area contributed by atoms with Crippen LogP contribution in [-0.2, 0) is 4.74 Å². The van der Waals surface area contributed by atoms with E-state index in [4.69, 9.17) is 9.84 Å². The molecule has 6 unspecified atom stereocenters. The molecule has 74 valence electrons. The maximum absolute atomic E-state index is 10.2. The first kappa shape index (κ1) is 9.01. The first-order valence-corrected chi connectivity index (χ1v) is 4.15. The molecule has 13 heavy (non-hydrogen) atoms. The van der Waals surface area contributed by atoms with E-state index in [0.717, 1.165) is 0 Å². The van der Waals surface area contributed by atoms with Crippen LogP contribution in [0.25, 0.3) is 0 Å². The van der Waals surface area contributed by atoms with E-state index >= 15 is 0 Å². The molecule has 1 saturated heterocycles. The van der Waals surface area contributed by atoms with Crippen molar-refractivity contribution in [1.82, 2.24) is 0 Å². The lowest BCUT2D eigenvalue weighted by Crippen LogP contribution is -2.47. The molecule has 6 nitrogen and oxygen atoms in total. The van der Waals surface area contributed by atoms with Crippen molar-refractivity contribution in [1.29, 1.82) is 0 Å². The van der Waals surface area contributed by atoms with Crippen molar-refractivity contribution in [3.05, 3.63) is 4.91 Å². The summed E-state index contributed by atoms with van der Waals surface area (Å²) in [4.78, 5) is 10.2. The zero-order valence-electron chi connectivity index (χ0n) is 6.78. The molecule has 2 aliphatic rings. The molecule has 0 spiro atoms. The van der Waals surface area contributed by atoms with Gasteiger partial charge in [-0.3, -0.25) is 0 Å². The fourth-order valence-corrected chi connectivity index (χ4v) is 1.87. The topological polar surface area (TPSA) is 99.4 Å². The van der Waals surface area contributed by atoms with Crippen LogP contribution in [0.4, 0.5) is 0 Å². The van der Waals surface area contributed by atoms with Gasteiger partial charge in [-0.2, -0.15) is 4.91 Å². The number of aliphatic hydroxyl groups is 3. The summed E-state index contributed by atoms with van der Waals surface area (Å²) in [5.41, 5.74) is 0. The summed E-state index contributed by atoms with van der Waals surface area (Å²) in [5.74, 6) is -0.393. The molecule has 1 saturated carbocycles. The molecule has 1 heterocycles. The highest BCUT2D eigenvalue weighted by Crippen LogP contribution is 2.46. The lowest BCUT2D eigenvalue weighted by atomic mass is 10.0. The number of aliphatic hydroxyl groups excluding tert-OH is 3. The van der Waals surface area contributed by atoms with E-state index in [1.165, 1.54) is 0 Å². The molecule has 0 amide bonds. The van der Waals surface area contributed by atoms with Crippen molar-refractivity contribution >= 4 is 0 Å². The predicted octanol–water partition coefficient (Wildman–Crippen LogP) is -1.77. The Labute approximate surface area is 74.1 Å². The second kappa shape index (κ2) is 2.98. The van der Waals surface area contributed by atoms with Crippen molar-refractivity contribution in [2.75, 3.05) is 6.61 Å². The van der Waals surface area contributed by atoms with E-state index < -0.39 is 36.4 Å². The Morgan fingerprint density at radius 1 is 1.31 bits per heavy atom. The van der Waals surface area contributed by atoms with Crippen molar-refractivity contribution < 1.29 is 20.1 Å². The highest BCUT2D eigenvalue weighted by molar-refractivity contribution is 5.13. The van der Waals surface area contributed by atoms with E-state index in [2.05, 4.69) is 5.18 Å².